The van der Waals surface area contributed by atoms with Crippen LogP contribution < -0.4 is 4.74 Å². The largest absolute Gasteiger partial charge is 0.477 e. The van der Waals surface area contributed by atoms with Crippen molar-refractivity contribution < 1.29 is 13.2 Å². The van der Waals surface area contributed by atoms with Crippen molar-refractivity contribution in [1.29, 1.82) is 0 Å². The van der Waals surface area contributed by atoms with Crippen LogP contribution in [0.15, 0.2) is 47.6 Å². The van der Waals surface area contributed by atoms with Crippen LogP contribution in [0.5, 0.6) is 5.88 Å². The Bertz CT molecular complexity index is 998. The third-order valence-corrected chi connectivity index (χ3v) is 6.75. The van der Waals surface area contributed by atoms with Gasteiger partial charge in [-0.1, -0.05) is 18.2 Å². The van der Waals surface area contributed by atoms with Gasteiger partial charge < -0.3 is 4.74 Å². The number of nitrogens with zero attached hydrogens (tertiary/aromatic N) is 3. The molecule has 24 heavy (non-hydrogen) atoms. The molecule has 6 nitrogen and oxygen atoms in total. The van der Waals surface area contributed by atoms with Crippen molar-refractivity contribution in [2.24, 2.45) is 5.92 Å². The lowest BCUT2D eigenvalue weighted by Gasteiger charge is -2.09. The number of halogens is 1. The first-order chi connectivity index (χ1) is 11.6. The van der Waals surface area contributed by atoms with Crippen LogP contribution in [0.2, 0.25) is 0 Å². The van der Waals surface area contributed by atoms with Gasteiger partial charge in [0.25, 0.3) is 10.0 Å². The maximum Gasteiger partial charge on any atom is 0.270 e. The molecule has 8 heteroatoms. The van der Waals surface area contributed by atoms with E-state index >= 15 is 0 Å². The van der Waals surface area contributed by atoms with E-state index in [9.17, 15) is 8.42 Å². The summed E-state index contributed by atoms with van der Waals surface area (Å²) < 4.78 is 33.5. The highest BCUT2D eigenvalue weighted by atomic mass is 127. The summed E-state index contributed by atoms with van der Waals surface area (Å²) in [7, 11) is -3.73. The Hall–Kier alpha value is -1.68. The lowest BCUT2D eigenvalue weighted by molar-refractivity contribution is 0.292. The van der Waals surface area contributed by atoms with Crippen molar-refractivity contribution in [1.82, 2.24) is 13.9 Å². The van der Waals surface area contributed by atoms with Gasteiger partial charge in [-0.3, -0.25) is 0 Å². The molecule has 1 saturated carbocycles. The third-order valence-electron chi connectivity index (χ3n) is 3.91. The molecule has 124 valence electrons. The van der Waals surface area contributed by atoms with Crippen LogP contribution in [0.3, 0.4) is 0 Å². The highest BCUT2D eigenvalue weighted by Crippen LogP contribution is 2.32. The van der Waals surface area contributed by atoms with Crippen LogP contribution >= 0.6 is 22.6 Å². The summed E-state index contributed by atoms with van der Waals surface area (Å²) in [6.45, 7) is 0.610. The minimum absolute atomic E-state index is 0.222. The molecule has 1 fully saturated rings. The van der Waals surface area contributed by atoms with Crippen molar-refractivity contribution in [2.45, 2.75) is 17.7 Å². The normalized spacial score (nSPS) is 14.9. The second kappa shape index (κ2) is 5.99. The molecule has 0 unspecified atom stereocenters. The summed E-state index contributed by atoms with van der Waals surface area (Å²) in [4.78, 5) is 8.58. The van der Waals surface area contributed by atoms with E-state index in [-0.39, 0.29) is 4.90 Å². The lowest BCUT2D eigenvalue weighted by Crippen LogP contribution is -2.15. The van der Waals surface area contributed by atoms with E-state index in [1.807, 2.05) is 22.6 Å². The van der Waals surface area contributed by atoms with Gasteiger partial charge in [0, 0.05) is 0 Å². The molecule has 0 bridgehead atoms. The quantitative estimate of drug-likeness (QED) is 0.553. The van der Waals surface area contributed by atoms with Gasteiger partial charge in [-0.2, -0.15) is 0 Å². The molecule has 0 radical (unpaired) electrons. The highest BCUT2D eigenvalue weighted by Gasteiger charge is 2.26. The molecule has 2 heterocycles. The Kier molecular flexibility index (Phi) is 3.95. The Balaban J connectivity index is 1.84. The third kappa shape index (κ3) is 2.77. The van der Waals surface area contributed by atoms with Gasteiger partial charge in [-0.05, 0) is 59.5 Å². The monoisotopic (exact) mass is 455 g/mol. The first-order valence-electron chi connectivity index (χ1n) is 7.53. The average Bonchev–Trinajstić information content (AvgIpc) is 3.34. The van der Waals surface area contributed by atoms with Gasteiger partial charge in [-0.25, -0.2) is 22.4 Å². The van der Waals surface area contributed by atoms with Crippen LogP contribution in [-0.2, 0) is 10.0 Å². The number of aromatic nitrogens is 3. The molecule has 0 amide bonds. The molecule has 1 aliphatic carbocycles. The zero-order chi connectivity index (χ0) is 16.7. The molecular weight excluding hydrogens is 441 g/mol. The molecule has 4 rings (SSSR count). The number of hydrogen-bond donors (Lipinski definition) is 0. The number of benzene rings is 1. The summed E-state index contributed by atoms with van der Waals surface area (Å²) in [5.41, 5.74) is 0.337. The highest BCUT2D eigenvalue weighted by molar-refractivity contribution is 14.1. The molecule has 3 aromatic rings. The zero-order valence-corrected chi connectivity index (χ0v) is 15.6. The number of ether oxygens (including phenoxy) is 1. The van der Waals surface area contributed by atoms with Crippen LogP contribution in [-0.4, -0.2) is 29.0 Å². The molecule has 0 atom stereocenters. The minimum Gasteiger partial charge on any atom is -0.477 e. The maximum atomic E-state index is 13.0. The Morgan fingerprint density at radius 3 is 2.67 bits per heavy atom. The summed E-state index contributed by atoms with van der Waals surface area (Å²) in [6, 6.07) is 10.1. The smallest absolute Gasteiger partial charge is 0.270 e. The van der Waals surface area contributed by atoms with Gasteiger partial charge in [0.15, 0.2) is 5.65 Å². The Labute approximate surface area is 153 Å². The van der Waals surface area contributed by atoms with E-state index in [0.717, 1.165) is 0 Å². The zero-order valence-electron chi connectivity index (χ0n) is 12.6. The van der Waals surface area contributed by atoms with E-state index in [4.69, 9.17) is 4.74 Å². The van der Waals surface area contributed by atoms with Crippen molar-refractivity contribution in [3.63, 3.8) is 0 Å². The number of rotatable bonds is 5. The molecule has 1 aromatic carbocycles. The minimum atomic E-state index is -3.73. The predicted octanol–water partition coefficient (Wildman–Crippen LogP) is 3.06. The van der Waals surface area contributed by atoms with Crippen LogP contribution in [0.4, 0.5) is 0 Å². The molecule has 0 spiro atoms. The molecule has 1 aliphatic rings. The fourth-order valence-electron chi connectivity index (χ4n) is 2.46. The summed E-state index contributed by atoms with van der Waals surface area (Å²) in [5, 5.41) is 0.613. The second-order valence-electron chi connectivity index (χ2n) is 5.72. The SMILES string of the molecule is O=S(=O)(c1ccccc1)n1c(I)cc2c(OCC3CC3)ncnc21. The molecule has 0 saturated heterocycles. The van der Waals surface area contributed by atoms with Crippen LogP contribution in [0.1, 0.15) is 12.8 Å². The topological polar surface area (TPSA) is 74.1 Å². The van der Waals surface area contributed by atoms with Gasteiger partial charge in [0.05, 0.1) is 20.6 Å². The lowest BCUT2D eigenvalue weighted by atomic mass is 10.4. The molecule has 0 N–H and O–H groups in total. The van der Waals surface area contributed by atoms with Crippen molar-refractivity contribution in [3.05, 3.63) is 46.4 Å². The van der Waals surface area contributed by atoms with Gasteiger partial charge >= 0.3 is 0 Å². The van der Waals surface area contributed by atoms with Crippen LogP contribution in [0, 0.1) is 9.62 Å². The number of hydrogen-bond acceptors (Lipinski definition) is 5. The summed E-state index contributed by atoms with van der Waals surface area (Å²) in [5.74, 6) is 1.02. The first-order valence-corrected chi connectivity index (χ1v) is 10.0. The summed E-state index contributed by atoms with van der Waals surface area (Å²) in [6.07, 6.45) is 3.70. The molecular formula is C16H14IN3O3S. The van der Waals surface area contributed by atoms with Crippen LogP contribution in [0.25, 0.3) is 11.0 Å². The van der Waals surface area contributed by atoms with Gasteiger partial charge in [0.1, 0.15) is 6.33 Å². The standard InChI is InChI=1S/C16H14IN3O3S/c17-14-8-13-15(18-10-19-16(13)23-9-11-6-7-11)20(14)24(21,22)12-4-2-1-3-5-12/h1-5,8,10-11H,6-7,9H2. The molecule has 2 aromatic heterocycles. The van der Waals surface area contributed by atoms with Gasteiger partial charge in [0.2, 0.25) is 5.88 Å². The number of fused-ring (bicyclic) bond motifs is 1. The molecule has 0 aliphatic heterocycles. The summed E-state index contributed by atoms with van der Waals surface area (Å²) >= 11 is 2.00. The predicted molar refractivity (Wildman–Crippen MR) is 97.5 cm³/mol. The van der Waals surface area contributed by atoms with Crippen molar-refractivity contribution >= 4 is 43.6 Å². The fourth-order valence-corrected chi connectivity index (χ4v) is 5.15. The van der Waals surface area contributed by atoms with E-state index in [0.29, 0.717) is 33.1 Å². The second-order valence-corrected chi connectivity index (χ2v) is 8.61. The Morgan fingerprint density at radius 2 is 1.96 bits per heavy atom. The van der Waals surface area contributed by atoms with E-state index < -0.39 is 10.0 Å². The Morgan fingerprint density at radius 1 is 1.21 bits per heavy atom. The maximum absolute atomic E-state index is 13.0. The van der Waals surface area contributed by atoms with Gasteiger partial charge in [-0.15, -0.1) is 0 Å². The average molecular weight is 455 g/mol. The van der Waals surface area contributed by atoms with E-state index in [2.05, 4.69) is 9.97 Å². The van der Waals surface area contributed by atoms with Crippen molar-refractivity contribution in [3.8, 4) is 5.88 Å². The van der Waals surface area contributed by atoms with E-state index in [1.165, 1.54) is 23.1 Å². The van der Waals surface area contributed by atoms with E-state index in [1.54, 1.807) is 36.4 Å². The van der Waals surface area contributed by atoms with Crippen molar-refractivity contribution in [2.75, 3.05) is 6.61 Å². The fraction of sp³-hybridized carbons (Fsp3) is 0.250. The first kappa shape index (κ1) is 15.8.